The quantitative estimate of drug-likeness (QED) is 0.818. The fourth-order valence-electron chi connectivity index (χ4n) is 3.06. The molecule has 128 valence electrons. The van der Waals surface area contributed by atoms with Crippen molar-refractivity contribution in [2.75, 3.05) is 26.2 Å². The predicted molar refractivity (Wildman–Crippen MR) is 86.5 cm³/mol. The van der Waals surface area contributed by atoms with Crippen molar-refractivity contribution in [3.8, 4) is 0 Å². The van der Waals surface area contributed by atoms with E-state index in [0.29, 0.717) is 31.7 Å². The molecule has 1 fully saturated rings. The summed E-state index contributed by atoms with van der Waals surface area (Å²) in [5, 5.41) is 10.3. The van der Waals surface area contributed by atoms with Gasteiger partial charge in [-0.15, -0.1) is 0 Å². The molecule has 1 N–H and O–H groups in total. The second kappa shape index (κ2) is 8.41. The molecule has 0 radical (unpaired) electrons. The number of aliphatic hydroxyl groups excluding tert-OH is 1. The highest BCUT2D eigenvalue weighted by atomic mass is 19.1. The summed E-state index contributed by atoms with van der Waals surface area (Å²) in [6, 6.07) is 4.72. The molecule has 1 heterocycles. The molecule has 23 heavy (non-hydrogen) atoms. The third kappa shape index (κ3) is 5.01. The van der Waals surface area contributed by atoms with Gasteiger partial charge in [0.1, 0.15) is 5.82 Å². The maximum Gasteiger partial charge on any atom is 0.310 e. The van der Waals surface area contributed by atoms with Crippen molar-refractivity contribution in [2.45, 2.75) is 39.2 Å². The lowest BCUT2D eigenvalue weighted by molar-refractivity contribution is -0.149. The van der Waals surface area contributed by atoms with Crippen molar-refractivity contribution in [2.24, 2.45) is 5.92 Å². The Kier molecular flexibility index (Phi) is 6.54. The van der Waals surface area contributed by atoms with Gasteiger partial charge in [-0.05, 0) is 56.8 Å². The molecule has 4 nitrogen and oxygen atoms in total. The second-order valence-corrected chi connectivity index (χ2v) is 6.20. The number of hydrogen-bond acceptors (Lipinski definition) is 4. The highest BCUT2D eigenvalue weighted by Gasteiger charge is 2.27. The average Bonchev–Trinajstić information content (AvgIpc) is 2.55. The first-order valence-electron chi connectivity index (χ1n) is 8.34. The lowest BCUT2D eigenvalue weighted by Crippen LogP contribution is -2.40. The third-order valence-corrected chi connectivity index (χ3v) is 4.41. The van der Waals surface area contributed by atoms with Crippen LogP contribution in [0.1, 0.15) is 43.4 Å². The number of aliphatic hydroxyl groups is 1. The van der Waals surface area contributed by atoms with Gasteiger partial charge in [-0.25, -0.2) is 4.39 Å². The first kappa shape index (κ1) is 17.9. The van der Waals surface area contributed by atoms with Gasteiger partial charge in [0.05, 0.1) is 18.6 Å². The van der Waals surface area contributed by atoms with Gasteiger partial charge < -0.3 is 14.7 Å². The van der Waals surface area contributed by atoms with Gasteiger partial charge in [-0.3, -0.25) is 4.79 Å². The standard InChI is InChI=1S/C18H26FNO3/c1-3-23-18(22)15-5-4-9-20(12-15)10-8-17(21)14-6-7-16(19)13(2)11-14/h6-7,11,15,17,21H,3-5,8-10,12H2,1-2H3. The number of nitrogens with zero attached hydrogens (tertiary/aromatic N) is 1. The molecule has 2 unspecified atom stereocenters. The lowest BCUT2D eigenvalue weighted by atomic mass is 9.97. The molecular weight excluding hydrogens is 297 g/mol. The van der Waals surface area contributed by atoms with Gasteiger partial charge in [0, 0.05) is 13.1 Å². The predicted octanol–water partition coefficient (Wildman–Crippen LogP) is 2.83. The van der Waals surface area contributed by atoms with Gasteiger partial charge in [-0.1, -0.05) is 12.1 Å². The summed E-state index contributed by atoms with van der Waals surface area (Å²) in [7, 11) is 0. The number of esters is 1. The molecule has 1 saturated heterocycles. The molecule has 1 aromatic carbocycles. The largest absolute Gasteiger partial charge is 0.466 e. The Balaban J connectivity index is 1.84. The topological polar surface area (TPSA) is 49.8 Å². The molecule has 1 aliphatic rings. The molecule has 0 saturated carbocycles. The van der Waals surface area contributed by atoms with Crippen LogP contribution in [0, 0.1) is 18.7 Å². The van der Waals surface area contributed by atoms with Crippen LogP contribution in [0.2, 0.25) is 0 Å². The van der Waals surface area contributed by atoms with Crippen molar-refractivity contribution < 1.29 is 19.0 Å². The minimum atomic E-state index is -0.614. The van der Waals surface area contributed by atoms with Crippen molar-refractivity contribution in [1.29, 1.82) is 0 Å². The summed E-state index contributed by atoms with van der Waals surface area (Å²) in [5.41, 5.74) is 1.28. The minimum absolute atomic E-state index is 0.0612. The fraction of sp³-hybridized carbons (Fsp3) is 0.611. The van der Waals surface area contributed by atoms with Crippen molar-refractivity contribution in [3.63, 3.8) is 0 Å². The van der Waals surface area contributed by atoms with Crippen LogP contribution in [0.25, 0.3) is 0 Å². The number of aryl methyl sites for hydroxylation is 1. The molecule has 1 aromatic rings. The minimum Gasteiger partial charge on any atom is -0.466 e. The Bertz CT molecular complexity index is 535. The number of rotatable bonds is 6. The van der Waals surface area contributed by atoms with Crippen molar-refractivity contribution in [1.82, 2.24) is 4.90 Å². The number of ether oxygens (including phenoxy) is 1. The summed E-state index contributed by atoms with van der Waals surface area (Å²) in [6.45, 7) is 6.27. The number of carbonyl (C=O) groups is 1. The van der Waals surface area contributed by atoms with Crippen molar-refractivity contribution in [3.05, 3.63) is 35.1 Å². The van der Waals surface area contributed by atoms with Crippen LogP contribution in [0.4, 0.5) is 4.39 Å². The van der Waals surface area contributed by atoms with Crippen molar-refractivity contribution >= 4 is 5.97 Å². The van der Waals surface area contributed by atoms with Gasteiger partial charge in [0.25, 0.3) is 0 Å². The number of hydrogen-bond donors (Lipinski definition) is 1. The van der Waals surface area contributed by atoms with E-state index in [1.165, 1.54) is 6.07 Å². The highest BCUT2D eigenvalue weighted by molar-refractivity contribution is 5.72. The Labute approximate surface area is 137 Å². The zero-order chi connectivity index (χ0) is 16.8. The average molecular weight is 323 g/mol. The molecule has 5 heteroatoms. The van der Waals surface area contributed by atoms with E-state index in [4.69, 9.17) is 4.74 Å². The van der Waals surface area contributed by atoms with Gasteiger partial charge >= 0.3 is 5.97 Å². The Morgan fingerprint density at radius 3 is 3.00 bits per heavy atom. The second-order valence-electron chi connectivity index (χ2n) is 6.20. The SMILES string of the molecule is CCOC(=O)C1CCCN(CCC(O)c2ccc(F)c(C)c2)C1. The van der Waals surface area contributed by atoms with E-state index in [-0.39, 0.29) is 17.7 Å². The normalized spacial score (nSPS) is 20.3. The number of likely N-dealkylation sites (tertiary alicyclic amines) is 1. The summed E-state index contributed by atoms with van der Waals surface area (Å²) >= 11 is 0. The Morgan fingerprint density at radius 2 is 2.30 bits per heavy atom. The molecule has 0 amide bonds. The Hall–Kier alpha value is -1.46. The van der Waals surface area contributed by atoms with E-state index >= 15 is 0 Å². The Morgan fingerprint density at radius 1 is 1.52 bits per heavy atom. The summed E-state index contributed by atoms with van der Waals surface area (Å²) in [6.07, 6.45) is 1.79. The van der Waals surface area contributed by atoms with Gasteiger partial charge in [0.2, 0.25) is 0 Å². The van der Waals surface area contributed by atoms with Gasteiger partial charge in [0.15, 0.2) is 0 Å². The van der Waals surface area contributed by atoms with E-state index in [0.717, 1.165) is 24.9 Å². The fourth-order valence-corrected chi connectivity index (χ4v) is 3.06. The first-order chi connectivity index (χ1) is 11.0. The molecule has 0 aromatic heterocycles. The van der Waals surface area contributed by atoms with Crippen LogP contribution in [0.5, 0.6) is 0 Å². The first-order valence-corrected chi connectivity index (χ1v) is 8.34. The highest BCUT2D eigenvalue weighted by Crippen LogP contribution is 2.22. The lowest BCUT2D eigenvalue weighted by Gasteiger charge is -2.32. The number of piperidine rings is 1. The van der Waals surface area contributed by atoms with Crippen LogP contribution < -0.4 is 0 Å². The number of carbonyl (C=O) groups excluding carboxylic acids is 1. The van der Waals surface area contributed by atoms with Crippen LogP contribution in [0.15, 0.2) is 18.2 Å². The smallest absolute Gasteiger partial charge is 0.310 e. The zero-order valence-corrected chi connectivity index (χ0v) is 13.9. The summed E-state index contributed by atoms with van der Waals surface area (Å²) in [4.78, 5) is 14.0. The zero-order valence-electron chi connectivity index (χ0n) is 13.9. The molecule has 0 aliphatic carbocycles. The van der Waals surface area contributed by atoms with E-state index in [1.807, 2.05) is 6.92 Å². The number of benzene rings is 1. The molecular formula is C18H26FNO3. The van der Waals surface area contributed by atoms with E-state index < -0.39 is 6.10 Å². The van der Waals surface area contributed by atoms with E-state index in [9.17, 15) is 14.3 Å². The van der Waals surface area contributed by atoms with E-state index in [1.54, 1.807) is 19.1 Å². The van der Waals surface area contributed by atoms with Crippen LogP contribution >= 0.6 is 0 Å². The summed E-state index contributed by atoms with van der Waals surface area (Å²) < 4.78 is 18.4. The molecule has 2 rings (SSSR count). The monoisotopic (exact) mass is 323 g/mol. The summed E-state index contributed by atoms with van der Waals surface area (Å²) in [5.74, 6) is -0.435. The number of halogens is 1. The molecule has 0 spiro atoms. The maximum absolute atomic E-state index is 13.3. The van der Waals surface area contributed by atoms with Gasteiger partial charge in [-0.2, -0.15) is 0 Å². The molecule has 2 atom stereocenters. The third-order valence-electron chi connectivity index (χ3n) is 4.41. The molecule has 1 aliphatic heterocycles. The maximum atomic E-state index is 13.3. The van der Waals surface area contributed by atoms with Crippen LogP contribution in [0.3, 0.4) is 0 Å². The molecule has 0 bridgehead atoms. The van der Waals surface area contributed by atoms with Crippen LogP contribution in [-0.2, 0) is 9.53 Å². The van der Waals surface area contributed by atoms with E-state index in [2.05, 4.69) is 4.90 Å². The van der Waals surface area contributed by atoms with Crippen LogP contribution in [-0.4, -0.2) is 42.2 Å².